The van der Waals surface area contributed by atoms with Gasteiger partial charge in [0.2, 0.25) is 15.9 Å². The van der Waals surface area contributed by atoms with E-state index in [0.29, 0.717) is 43.9 Å². The molecule has 0 spiro atoms. The predicted octanol–water partition coefficient (Wildman–Crippen LogP) is 2.27. The van der Waals surface area contributed by atoms with E-state index >= 15 is 0 Å². The molecule has 0 atom stereocenters. The predicted molar refractivity (Wildman–Crippen MR) is 110 cm³/mol. The molecule has 1 amide bonds. The van der Waals surface area contributed by atoms with E-state index in [9.17, 15) is 13.2 Å². The van der Waals surface area contributed by atoms with Crippen LogP contribution in [0.2, 0.25) is 0 Å². The number of nitrogens with zero attached hydrogens (tertiary/aromatic N) is 2. The molecule has 0 bridgehead atoms. The van der Waals surface area contributed by atoms with Crippen LogP contribution < -0.4 is 5.73 Å². The van der Waals surface area contributed by atoms with Crippen LogP contribution in [0.15, 0.2) is 29.2 Å². The van der Waals surface area contributed by atoms with Crippen molar-refractivity contribution in [1.82, 2.24) is 9.21 Å². The van der Waals surface area contributed by atoms with Gasteiger partial charge in [-0.1, -0.05) is 26.0 Å². The van der Waals surface area contributed by atoms with E-state index < -0.39 is 10.0 Å². The van der Waals surface area contributed by atoms with Crippen molar-refractivity contribution in [2.45, 2.75) is 44.4 Å². The summed E-state index contributed by atoms with van der Waals surface area (Å²) in [7, 11) is -1.58. The number of carbonyl (C=O) groups is 1. The molecule has 1 heterocycles. The summed E-state index contributed by atoms with van der Waals surface area (Å²) in [4.78, 5) is 14.3. The van der Waals surface area contributed by atoms with Gasteiger partial charge in [0.05, 0.1) is 4.90 Å². The summed E-state index contributed by atoms with van der Waals surface area (Å²) in [5.74, 6) is 0.0697. The van der Waals surface area contributed by atoms with E-state index in [0.717, 1.165) is 18.4 Å². The molecule has 0 aromatic heterocycles. The average molecular weight is 418 g/mol. The van der Waals surface area contributed by atoms with Gasteiger partial charge in [-0.05, 0) is 48.9 Å². The summed E-state index contributed by atoms with van der Waals surface area (Å²) >= 11 is 0. The normalized spacial score (nSPS) is 15.4. The highest BCUT2D eigenvalue weighted by Crippen LogP contribution is 2.21. The van der Waals surface area contributed by atoms with E-state index in [-0.39, 0.29) is 23.7 Å². The van der Waals surface area contributed by atoms with Crippen molar-refractivity contribution >= 4 is 28.3 Å². The number of hydrogen-bond acceptors (Lipinski definition) is 4. The van der Waals surface area contributed by atoms with Crippen molar-refractivity contribution in [3.8, 4) is 0 Å². The number of carbonyl (C=O) groups excluding carboxylic acids is 1. The van der Waals surface area contributed by atoms with Crippen molar-refractivity contribution < 1.29 is 13.2 Å². The Labute approximate surface area is 169 Å². The maximum Gasteiger partial charge on any atom is 0.243 e. The summed E-state index contributed by atoms with van der Waals surface area (Å²) in [6, 6.07) is 6.91. The lowest BCUT2D eigenvalue weighted by molar-refractivity contribution is -0.131. The molecule has 8 heteroatoms. The number of benzene rings is 1. The Balaban J connectivity index is 0.00000364. The zero-order valence-corrected chi connectivity index (χ0v) is 18.1. The lowest BCUT2D eigenvalue weighted by Gasteiger charge is -2.29. The quantitative estimate of drug-likeness (QED) is 0.703. The fourth-order valence-corrected chi connectivity index (χ4v) is 4.66. The second-order valence-corrected chi connectivity index (χ2v) is 9.81. The van der Waals surface area contributed by atoms with Crippen LogP contribution in [0, 0.1) is 5.41 Å². The van der Waals surface area contributed by atoms with Crippen molar-refractivity contribution in [2.24, 2.45) is 11.1 Å². The molecule has 0 aliphatic carbocycles. The number of rotatable bonds is 8. The minimum atomic E-state index is -3.38. The first-order chi connectivity index (χ1) is 12.2. The molecule has 154 valence electrons. The third kappa shape index (κ3) is 6.45. The number of halogens is 1. The summed E-state index contributed by atoms with van der Waals surface area (Å²) < 4.78 is 26.6. The number of amides is 1. The molecule has 1 saturated heterocycles. The minimum absolute atomic E-state index is 0. The van der Waals surface area contributed by atoms with Gasteiger partial charge in [0, 0.05) is 33.1 Å². The molecule has 2 N–H and O–H groups in total. The summed E-state index contributed by atoms with van der Waals surface area (Å²) in [6.07, 6.45) is 2.84. The summed E-state index contributed by atoms with van der Waals surface area (Å²) in [5, 5.41) is 0. The first-order valence-corrected chi connectivity index (χ1v) is 10.6. The summed E-state index contributed by atoms with van der Waals surface area (Å²) in [5.41, 5.74) is 6.59. The molecule has 1 fully saturated rings. The average Bonchev–Trinajstić information content (AvgIpc) is 3.15. The van der Waals surface area contributed by atoms with Gasteiger partial charge in [-0.25, -0.2) is 8.42 Å². The fraction of sp³-hybridized carbons (Fsp3) is 0.632. The van der Waals surface area contributed by atoms with E-state index in [1.165, 1.54) is 0 Å². The summed E-state index contributed by atoms with van der Waals surface area (Å²) in [6.45, 7) is 6.42. The highest BCUT2D eigenvalue weighted by atomic mass is 35.5. The van der Waals surface area contributed by atoms with E-state index in [1.54, 1.807) is 40.5 Å². The largest absolute Gasteiger partial charge is 0.345 e. The third-order valence-corrected chi connectivity index (χ3v) is 6.81. The lowest BCUT2D eigenvalue weighted by atomic mass is 9.93. The van der Waals surface area contributed by atoms with Crippen LogP contribution in [0.3, 0.4) is 0 Å². The van der Waals surface area contributed by atoms with Crippen molar-refractivity contribution in [2.75, 3.05) is 33.2 Å². The zero-order chi connectivity index (χ0) is 19.4. The fourth-order valence-electron chi connectivity index (χ4n) is 3.14. The van der Waals surface area contributed by atoms with Crippen LogP contribution in [0.25, 0.3) is 0 Å². The molecule has 0 saturated carbocycles. The van der Waals surface area contributed by atoms with Crippen molar-refractivity contribution in [3.05, 3.63) is 29.8 Å². The molecular weight excluding hydrogens is 386 g/mol. The molecule has 0 unspecified atom stereocenters. The molecular formula is C19H32ClN3O3S. The van der Waals surface area contributed by atoms with Gasteiger partial charge in [0.1, 0.15) is 0 Å². The van der Waals surface area contributed by atoms with Crippen LogP contribution in [0.1, 0.15) is 38.7 Å². The zero-order valence-electron chi connectivity index (χ0n) is 16.5. The van der Waals surface area contributed by atoms with Gasteiger partial charge in [-0.2, -0.15) is 4.31 Å². The van der Waals surface area contributed by atoms with E-state index in [4.69, 9.17) is 5.73 Å². The molecule has 6 nitrogen and oxygen atoms in total. The lowest BCUT2D eigenvalue weighted by Crippen LogP contribution is -2.39. The highest BCUT2D eigenvalue weighted by molar-refractivity contribution is 7.89. The molecule has 1 aromatic rings. The number of nitrogens with two attached hydrogens (primary N) is 1. The Morgan fingerprint density at radius 2 is 1.74 bits per heavy atom. The van der Waals surface area contributed by atoms with Gasteiger partial charge in [-0.15, -0.1) is 12.4 Å². The first-order valence-electron chi connectivity index (χ1n) is 9.19. The SMILES string of the molecule is CN(CC(C)(C)CN)C(=O)CCc1ccc(S(=O)(=O)N2CCCC2)cc1.Cl. The number of aryl methyl sites for hydroxylation is 1. The van der Waals surface area contributed by atoms with Crippen LogP contribution >= 0.6 is 12.4 Å². The Morgan fingerprint density at radius 3 is 2.26 bits per heavy atom. The van der Waals surface area contributed by atoms with E-state index in [1.807, 2.05) is 13.8 Å². The Hall–Kier alpha value is -1.15. The molecule has 2 rings (SSSR count). The van der Waals surface area contributed by atoms with Crippen LogP contribution in [-0.4, -0.2) is 56.8 Å². The van der Waals surface area contributed by atoms with Gasteiger partial charge >= 0.3 is 0 Å². The smallest absolute Gasteiger partial charge is 0.243 e. The third-order valence-electron chi connectivity index (χ3n) is 4.90. The van der Waals surface area contributed by atoms with Gasteiger partial charge in [0.25, 0.3) is 0 Å². The second-order valence-electron chi connectivity index (χ2n) is 7.87. The highest BCUT2D eigenvalue weighted by Gasteiger charge is 2.27. The number of hydrogen-bond donors (Lipinski definition) is 1. The Kier molecular flexibility index (Phi) is 8.73. The van der Waals surface area contributed by atoms with Crippen molar-refractivity contribution in [1.29, 1.82) is 0 Å². The Morgan fingerprint density at radius 1 is 1.19 bits per heavy atom. The number of sulfonamides is 1. The maximum atomic E-state index is 12.5. The molecule has 0 radical (unpaired) electrons. The first kappa shape index (κ1) is 23.9. The van der Waals surface area contributed by atoms with Gasteiger partial charge in [-0.3, -0.25) is 4.79 Å². The standard InChI is InChI=1S/C19H31N3O3S.ClH/c1-19(2,14-20)15-21(3)18(23)11-8-16-6-9-17(10-7-16)26(24,25)22-12-4-5-13-22;/h6-7,9-10H,4-5,8,11-15,20H2,1-3H3;1H. The molecule has 1 aliphatic rings. The van der Waals surface area contributed by atoms with E-state index in [2.05, 4.69) is 0 Å². The molecule has 27 heavy (non-hydrogen) atoms. The Bertz CT molecular complexity index is 714. The van der Waals surface area contributed by atoms with Gasteiger partial charge < -0.3 is 10.6 Å². The minimum Gasteiger partial charge on any atom is -0.345 e. The second kappa shape index (κ2) is 9.87. The van der Waals surface area contributed by atoms with Gasteiger partial charge in [0.15, 0.2) is 0 Å². The van der Waals surface area contributed by atoms with Crippen LogP contribution in [0.4, 0.5) is 0 Å². The molecule has 1 aromatic carbocycles. The van der Waals surface area contributed by atoms with Crippen molar-refractivity contribution in [3.63, 3.8) is 0 Å². The molecule has 1 aliphatic heterocycles. The maximum absolute atomic E-state index is 12.5. The monoisotopic (exact) mass is 417 g/mol. The van der Waals surface area contributed by atoms with Crippen LogP contribution in [0.5, 0.6) is 0 Å². The topological polar surface area (TPSA) is 83.7 Å². The van der Waals surface area contributed by atoms with Crippen LogP contribution in [-0.2, 0) is 21.2 Å².